The number of aromatic nitrogens is 4. The van der Waals surface area contributed by atoms with Crippen molar-refractivity contribution in [3.8, 4) is 11.4 Å². The number of carbonyl (C=O) groups excluding carboxylic acids is 1. The van der Waals surface area contributed by atoms with Crippen LogP contribution in [0.15, 0.2) is 24.3 Å². The molecule has 0 spiro atoms. The molecular weight excluding hydrogens is 318 g/mol. The number of halogens is 1. The summed E-state index contributed by atoms with van der Waals surface area (Å²) in [7, 11) is 0. The van der Waals surface area contributed by atoms with E-state index in [1.807, 2.05) is 12.1 Å². The van der Waals surface area contributed by atoms with E-state index in [2.05, 4.69) is 20.7 Å². The largest absolute Gasteiger partial charge is 0.376 e. The van der Waals surface area contributed by atoms with Crippen LogP contribution in [-0.4, -0.2) is 45.4 Å². The standard InChI is InChI=1S/C15H18ClN5O2/c1-10(15(22)17-9-13-3-2-8-23-13)21-19-14(18-20-21)11-4-6-12(16)7-5-11/h4-7,10,13H,2-3,8-9H2,1H3,(H,17,22)/t10-,13+/m1/s1. The van der Waals surface area contributed by atoms with E-state index in [0.717, 1.165) is 25.0 Å². The Morgan fingerprint density at radius 1 is 1.48 bits per heavy atom. The van der Waals surface area contributed by atoms with Crippen molar-refractivity contribution in [2.24, 2.45) is 0 Å². The molecule has 1 aromatic carbocycles. The van der Waals surface area contributed by atoms with E-state index in [1.54, 1.807) is 19.1 Å². The van der Waals surface area contributed by atoms with Gasteiger partial charge in [-0.05, 0) is 49.2 Å². The van der Waals surface area contributed by atoms with Gasteiger partial charge in [-0.15, -0.1) is 10.2 Å². The highest BCUT2D eigenvalue weighted by molar-refractivity contribution is 6.30. The van der Waals surface area contributed by atoms with Crippen molar-refractivity contribution >= 4 is 17.5 Å². The van der Waals surface area contributed by atoms with Gasteiger partial charge in [0.15, 0.2) is 0 Å². The number of carbonyl (C=O) groups is 1. The molecule has 23 heavy (non-hydrogen) atoms. The van der Waals surface area contributed by atoms with Crippen LogP contribution in [-0.2, 0) is 9.53 Å². The topological polar surface area (TPSA) is 81.9 Å². The fourth-order valence-corrected chi connectivity index (χ4v) is 2.50. The molecule has 3 rings (SSSR count). The van der Waals surface area contributed by atoms with E-state index in [9.17, 15) is 4.79 Å². The Morgan fingerprint density at radius 3 is 2.96 bits per heavy atom. The van der Waals surface area contributed by atoms with Crippen molar-refractivity contribution in [2.45, 2.75) is 31.9 Å². The van der Waals surface area contributed by atoms with Crippen molar-refractivity contribution in [1.29, 1.82) is 0 Å². The molecule has 1 saturated heterocycles. The van der Waals surface area contributed by atoms with Crippen molar-refractivity contribution in [3.63, 3.8) is 0 Å². The van der Waals surface area contributed by atoms with Crippen LogP contribution < -0.4 is 5.32 Å². The Balaban J connectivity index is 1.62. The molecule has 1 aromatic heterocycles. The summed E-state index contributed by atoms with van der Waals surface area (Å²) in [4.78, 5) is 13.5. The highest BCUT2D eigenvalue weighted by Gasteiger charge is 2.21. The number of tetrazole rings is 1. The van der Waals surface area contributed by atoms with Gasteiger partial charge in [-0.1, -0.05) is 11.6 Å². The van der Waals surface area contributed by atoms with Gasteiger partial charge in [0, 0.05) is 23.7 Å². The quantitative estimate of drug-likeness (QED) is 0.901. The predicted octanol–water partition coefficient (Wildman–Crippen LogP) is 1.85. The van der Waals surface area contributed by atoms with Gasteiger partial charge in [-0.2, -0.15) is 4.80 Å². The maximum atomic E-state index is 12.2. The molecule has 0 saturated carbocycles. The monoisotopic (exact) mass is 335 g/mol. The van der Waals surface area contributed by atoms with Gasteiger partial charge in [0.05, 0.1) is 6.10 Å². The van der Waals surface area contributed by atoms with Crippen LogP contribution in [0.5, 0.6) is 0 Å². The Bertz CT molecular complexity index is 667. The van der Waals surface area contributed by atoms with E-state index in [-0.39, 0.29) is 12.0 Å². The van der Waals surface area contributed by atoms with Gasteiger partial charge < -0.3 is 10.1 Å². The SMILES string of the molecule is C[C@H](C(=O)NC[C@@H]1CCCO1)n1nnc(-c2ccc(Cl)cc2)n1. The van der Waals surface area contributed by atoms with E-state index >= 15 is 0 Å². The smallest absolute Gasteiger partial charge is 0.246 e. The molecule has 2 heterocycles. The lowest BCUT2D eigenvalue weighted by molar-refractivity contribution is -0.125. The second kappa shape index (κ2) is 7.06. The van der Waals surface area contributed by atoms with Crippen LogP contribution in [0.1, 0.15) is 25.8 Å². The Kier molecular flexibility index (Phi) is 4.88. The number of amides is 1. The second-order valence-electron chi connectivity index (χ2n) is 5.50. The Hall–Kier alpha value is -1.99. The number of benzene rings is 1. The molecule has 0 unspecified atom stereocenters. The van der Waals surface area contributed by atoms with Gasteiger partial charge in [0.2, 0.25) is 11.7 Å². The minimum atomic E-state index is -0.537. The Labute approximate surface area is 139 Å². The molecule has 1 aliphatic heterocycles. The van der Waals surface area contributed by atoms with Gasteiger partial charge in [0.25, 0.3) is 0 Å². The van der Waals surface area contributed by atoms with Gasteiger partial charge in [-0.3, -0.25) is 4.79 Å². The first kappa shape index (κ1) is 15.9. The summed E-state index contributed by atoms with van der Waals surface area (Å²) in [6, 6.07) is 6.60. The zero-order valence-corrected chi connectivity index (χ0v) is 13.5. The van der Waals surface area contributed by atoms with Crippen LogP contribution in [0.25, 0.3) is 11.4 Å². The lowest BCUT2D eigenvalue weighted by atomic mass is 10.2. The van der Waals surface area contributed by atoms with Gasteiger partial charge in [-0.25, -0.2) is 0 Å². The molecule has 7 nitrogen and oxygen atoms in total. The molecule has 0 aliphatic carbocycles. The summed E-state index contributed by atoms with van der Waals surface area (Å²) in [5, 5.41) is 15.7. The molecule has 1 fully saturated rings. The molecule has 8 heteroatoms. The molecule has 1 amide bonds. The average molecular weight is 336 g/mol. The molecular formula is C15H18ClN5O2. The number of ether oxygens (including phenoxy) is 1. The third-order valence-corrected chi connectivity index (χ3v) is 4.04. The molecule has 0 radical (unpaired) electrons. The molecule has 0 bridgehead atoms. The number of rotatable bonds is 5. The zero-order chi connectivity index (χ0) is 16.2. The first-order chi connectivity index (χ1) is 11.1. The molecule has 122 valence electrons. The third-order valence-electron chi connectivity index (χ3n) is 3.78. The first-order valence-electron chi connectivity index (χ1n) is 7.58. The molecule has 2 aromatic rings. The molecule has 1 N–H and O–H groups in total. The van der Waals surface area contributed by atoms with Crippen LogP contribution in [0, 0.1) is 0 Å². The van der Waals surface area contributed by atoms with Crippen LogP contribution in [0.4, 0.5) is 0 Å². The minimum Gasteiger partial charge on any atom is -0.376 e. The number of nitrogens with zero attached hydrogens (tertiary/aromatic N) is 4. The molecule has 2 atom stereocenters. The van der Waals surface area contributed by atoms with Crippen molar-refractivity contribution in [1.82, 2.24) is 25.5 Å². The van der Waals surface area contributed by atoms with E-state index in [1.165, 1.54) is 4.80 Å². The van der Waals surface area contributed by atoms with E-state index < -0.39 is 6.04 Å². The summed E-state index contributed by atoms with van der Waals surface area (Å²) >= 11 is 5.86. The Morgan fingerprint density at radius 2 is 2.26 bits per heavy atom. The highest BCUT2D eigenvalue weighted by atomic mass is 35.5. The molecule has 1 aliphatic rings. The predicted molar refractivity (Wildman–Crippen MR) is 85.0 cm³/mol. The van der Waals surface area contributed by atoms with Crippen LogP contribution >= 0.6 is 11.6 Å². The lowest BCUT2D eigenvalue weighted by Gasteiger charge is -2.13. The fourth-order valence-electron chi connectivity index (χ4n) is 2.38. The maximum absolute atomic E-state index is 12.2. The van der Waals surface area contributed by atoms with E-state index in [0.29, 0.717) is 17.4 Å². The van der Waals surface area contributed by atoms with Crippen LogP contribution in [0.2, 0.25) is 5.02 Å². The number of hydrogen-bond acceptors (Lipinski definition) is 5. The van der Waals surface area contributed by atoms with Crippen molar-refractivity contribution in [3.05, 3.63) is 29.3 Å². The third kappa shape index (κ3) is 3.86. The summed E-state index contributed by atoms with van der Waals surface area (Å²) in [6.07, 6.45) is 2.14. The normalized spacial score (nSPS) is 18.8. The highest BCUT2D eigenvalue weighted by Crippen LogP contribution is 2.18. The van der Waals surface area contributed by atoms with E-state index in [4.69, 9.17) is 16.3 Å². The summed E-state index contributed by atoms with van der Waals surface area (Å²) < 4.78 is 5.48. The summed E-state index contributed by atoms with van der Waals surface area (Å²) in [6.45, 7) is 3.02. The zero-order valence-electron chi connectivity index (χ0n) is 12.8. The minimum absolute atomic E-state index is 0.111. The summed E-state index contributed by atoms with van der Waals surface area (Å²) in [5.74, 6) is 0.306. The second-order valence-corrected chi connectivity index (χ2v) is 5.93. The van der Waals surface area contributed by atoms with Crippen molar-refractivity contribution in [2.75, 3.05) is 13.2 Å². The number of nitrogens with one attached hydrogen (secondary N) is 1. The van der Waals surface area contributed by atoms with Crippen molar-refractivity contribution < 1.29 is 9.53 Å². The fraction of sp³-hybridized carbons (Fsp3) is 0.467. The lowest BCUT2D eigenvalue weighted by Crippen LogP contribution is -2.36. The van der Waals surface area contributed by atoms with Crippen LogP contribution in [0.3, 0.4) is 0 Å². The number of hydrogen-bond donors (Lipinski definition) is 1. The summed E-state index contributed by atoms with van der Waals surface area (Å²) in [5.41, 5.74) is 0.799. The first-order valence-corrected chi connectivity index (χ1v) is 7.96. The van der Waals surface area contributed by atoms with Gasteiger partial charge in [0.1, 0.15) is 6.04 Å². The average Bonchev–Trinajstić information content (AvgIpc) is 3.24. The van der Waals surface area contributed by atoms with Gasteiger partial charge >= 0.3 is 0 Å². The maximum Gasteiger partial charge on any atom is 0.246 e.